The van der Waals surface area contributed by atoms with Gasteiger partial charge in [-0.05, 0) is 49.9 Å². The first kappa shape index (κ1) is 14.7. The number of amides is 1. The van der Waals surface area contributed by atoms with Crippen molar-refractivity contribution in [1.82, 2.24) is 5.32 Å². The predicted molar refractivity (Wildman–Crippen MR) is 75.7 cm³/mol. The van der Waals surface area contributed by atoms with Crippen molar-refractivity contribution in [2.75, 3.05) is 13.1 Å². The largest absolute Gasteiger partial charge is 0.352 e. The third-order valence-electron chi connectivity index (χ3n) is 3.55. The molecule has 1 atom stereocenters. The highest BCUT2D eigenvalue weighted by Gasteiger charge is 2.12. The van der Waals surface area contributed by atoms with E-state index in [1.807, 2.05) is 32.0 Å². The summed E-state index contributed by atoms with van der Waals surface area (Å²) < 4.78 is 0. The van der Waals surface area contributed by atoms with Crippen LogP contribution in [0.3, 0.4) is 0 Å². The normalized spacial score (nSPS) is 12.2. The van der Waals surface area contributed by atoms with Crippen LogP contribution < -0.4 is 11.1 Å². The SMILES string of the molecule is CCC(CCN)CNC(=O)c1cccc(C)c1C. The minimum atomic E-state index is 0.0201. The molecule has 1 aromatic rings. The molecule has 0 saturated heterocycles. The van der Waals surface area contributed by atoms with Gasteiger partial charge in [0.2, 0.25) is 0 Å². The summed E-state index contributed by atoms with van der Waals surface area (Å²) in [6, 6.07) is 5.82. The van der Waals surface area contributed by atoms with E-state index >= 15 is 0 Å². The number of hydrogen-bond donors (Lipinski definition) is 2. The third kappa shape index (κ3) is 3.84. The van der Waals surface area contributed by atoms with E-state index in [9.17, 15) is 4.79 Å². The van der Waals surface area contributed by atoms with E-state index in [-0.39, 0.29) is 5.91 Å². The van der Waals surface area contributed by atoms with E-state index in [0.717, 1.165) is 29.5 Å². The van der Waals surface area contributed by atoms with E-state index in [4.69, 9.17) is 5.73 Å². The van der Waals surface area contributed by atoms with Gasteiger partial charge in [-0.3, -0.25) is 4.79 Å². The van der Waals surface area contributed by atoms with E-state index in [1.165, 1.54) is 0 Å². The van der Waals surface area contributed by atoms with Crippen molar-refractivity contribution in [3.63, 3.8) is 0 Å². The monoisotopic (exact) mass is 248 g/mol. The molecule has 0 aromatic heterocycles. The zero-order valence-corrected chi connectivity index (χ0v) is 11.6. The molecular formula is C15H24N2O. The highest BCUT2D eigenvalue weighted by molar-refractivity contribution is 5.95. The zero-order valence-electron chi connectivity index (χ0n) is 11.6. The van der Waals surface area contributed by atoms with Gasteiger partial charge >= 0.3 is 0 Å². The molecule has 3 nitrogen and oxygen atoms in total. The van der Waals surface area contributed by atoms with Crippen LogP contribution >= 0.6 is 0 Å². The fraction of sp³-hybridized carbons (Fsp3) is 0.533. The molecule has 1 rings (SSSR count). The fourth-order valence-corrected chi connectivity index (χ4v) is 2.02. The van der Waals surface area contributed by atoms with Crippen LogP contribution in [-0.2, 0) is 0 Å². The van der Waals surface area contributed by atoms with Gasteiger partial charge in [-0.25, -0.2) is 0 Å². The van der Waals surface area contributed by atoms with Gasteiger partial charge in [0.25, 0.3) is 5.91 Å². The Hall–Kier alpha value is -1.35. The average molecular weight is 248 g/mol. The second kappa shape index (κ2) is 7.17. The van der Waals surface area contributed by atoms with Crippen molar-refractivity contribution in [2.24, 2.45) is 11.7 Å². The Bertz CT molecular complexity index is 401. The molecule has 1 amide bonds. The number of rotatable bonds is 6. The standard InChI is InChI=1S/C15H24N2O/c1-4-13(8-9-16)10-17-15(18)14-7-5-6-11(2)12(14)3/h5-7,13H,4,8-10,16H2,1-3H3,(H,17,18). The second-order valence-electron chi connectivity index (χ2n) is 4.81. The Labute approximate surface area is 110 Å². The van der Waals surface area contributed by atoms with Crippen molar-refractivity contribution in [1.29, 1.82) is 0 Å². The molecule has 0 fully saturated rings. The second-order valence-corrected chi connectivity index (χ2v) is 4.81. The molecule has 0 spiro atoms. The van der Waals surface area contributed by atoms with E-state index in [0.29, 0.717) is 19.0 Å². The summed E-state index contributed by atoms with van der Waals surface area (Å²) in [7, 11) is 0. The maximum absolute atomic E-state index is 12.1. The van der Waals surface area contributed by atoms with Crippen LogP contribution in [0.15, 0.2) is 18.2 Å². The fourth-order valence-electron chi connectivity index (χ4n) is 2.02. The van der Waals surface area contributed by atoms with Crippen LogP contribution in [0.25, 0.3) is 0 Å². The van der Waals surface area contributed by atoms with Gasteiger partial charge in [0.15, 0.2) is 0 Å². The maximum atomic E-state index is 12.1. The topological polar surface area (TPSA) is 55.1 Å². The molecule has 3 heteroatoms. The first-order valence-electron chi connectivity index (χ1n) is 6.64. The molecule has 100 valence electrons. The molecule has 0 aliphatic heterocycles. The molecule has 0 heterocycles. The van der Waals surface area contributed by atoms with Crippen LogP contribution in [0.2, 0.25) is 0 Å². The van der Waals surface area contributed by atoms with Gasteiger partial charge in [0, 0.05) is 12.1 Å². The number of aryl methyl sites for hydroxylation is 1. The molecule has 0 bridgehead atoms. The Morgan fingerprint density at radius 2 is 2.11 bits per heavy atom. The molecule has 0 aliphatic rings. The summed E-state index contributed by atoms with van der Waals surface area (Å²) >= 11 is 0. The van der Waals surface area contributed by atoms with Gasteiger partial charge in [0.1, 0.15) is 0 Å². The molecule has 0 radical (unpaired) electrons. The van der Waals surface area contributed by atoms with Crippen molar-refractivity contribution in [2.45, 2.75) is 33.6 Å². The van der Waals surface area contributed by atoms with Gasteiger partial charge in [-0.15, -0.1) is 0 Å². The van der Waals surface area contributed by atoms with Gasteiger partial charge in [-0.2, -0.15) is 0 Å². The number of nitrogens with one attached hydrogen (secondary N) is 1. The van der Waals surface area contributed by atoms with Crippen LogP contribution in [0.5, 0.6) is 0 Å². The minimum absolute atomic E-state index is 0.0201. The lowest BCUT2D eigenvalue weighted by atomic mass is 10.0. The molecular weight excluding hydrogens is 224 g/mol. The van der Waals surface area contributed by atoms with Gasteiger partial charge in [-0.1, -0.05) is 25.5 Å². The summed E-state index contributed by atoms with van der Waals surface area (Å²) in [6.07, 6.45) is 2.01. The average Bonchev–Trinajstić information content (AvgIpc) is 2.37. The first-order chi connectivity index (χ1) is 8.60. The lowest BCUT2D eigenvalue weighted by Gasteiger charge is -2.15. The summed E-state index contributed by atoms with van der Waals surface area (Å²) in [6.45, 7) is 7.53. The van der Waals surface area contributed by atoms with Crippen molar-refractivity contribution in [3.8, 4) is 0 Å². The van der Waals surface area contributed by atoms with Gasteiger partial charge < -0.3 is 11.1 Å². The molecule has 0 saturated carbocycles. The third-order valence-corrected chi connectivity index (χ3v) is 3.55. The van der Waals surface area contributed by atoms with Crippen molar-refractivity contribution in [3.05, 3.63) is 34.9 Å². The smallest absolute Gasteiger partial charge is 0.251 e. The number of carbonyl (C=O) groups is 1. The van der Waals surface area contributed by atoms with E-state index < -0.39 is 0 Å². The van der Waals surface area contributed by atoms with E-state index in [1.54, 1.807) is 0 Å². The number of nitrogens with two attached hydrogens (primary N) is 1. The predicted octanol–water partition coefficient (Wildman–Crippen LogP) is 2.41. The van der Waals surface area contributed by atoms with Crippen LogP contribution in [0.1, 0.15) is 41.3 Å². The summed E-state index contributed by atoms with van der Waals surface area (Å²) in [5.74, 6) is 0.496. The minimum Gasteiger partial charge on any atom is -0.352 e. The molecule has 3 N–H and O–H groups in total. The van der Waals surface area contributed by atoms with Crippen molar-refractivity contribution < 1.29 is 4.79 Å². The van der Waals surface area contributed by atoms with Crippen LogP contribution in [0, 0.1) is 19.8 Å². The molecule has 18 heavy (non-hydrogen) atoms. The lowest BCUT2D eigenvalue weighted by Crippen LogP contribution is -2.30. The van der Waals surface area contributed by atoms with Crippen molar-refractivity contribution >= 4 is 5.91 Å². The number of hydrogen-bond acceptors (Lipinski definition) is 2. The van der Waals surface area contributed by atoms with E-state index in [2.05, 4.69) is 12.2 Å². The Morgan fingerprint density at radius 3 is 2.72 bits per heavy atom. The summed E-state index contributed by atoms with van der Waals surface area (Å²) in [5.41, 5.74) is 8.54. The summed E-state index contributed by atoms with van der Waals surface area (Å²) in [4.78, 5) is 12.1. The maximum Gasteiger partial charge on any atom is 0.251 e. The highest BCUT2D eigenvalue weighted by atomic mass is 16.1. The molecule has 1 unspecified atom stereocenters. The van der Waals surface area contributed by atoms with Crippen LogP contribution in [0.4, 0.5) is 0 Å². The van der Waals surface area contributed by atoms with Gasteiger partial charge in [0.05, 0.1) is 0 Å². The summed E-state index contributed by atoms with van der Waals surface area (Å²) in [5, 5.41) is 3.01. The molecule has 1 aromatic carbocycles. The van der Waals surface area contributed by atoms with Crippen LogP contribution in [-0.4, -0.2) is 19.0 Å². The highest BCUT2D eigenvalue weighted by Crippen LogP contribution is 2.13. The molecule has 0 aliphatic carbocycles. The zero-order chi connectivity index (χ0) is 13.5. The number of carbonyl (C=O) groups excluding carboxylic acids is 1. The Kier molecular flexibility index (Phi) is 5.86. The quantitative estimate of drug-likeness (QED) is 0.812. The Morgan fingerprint density at radius 1 is 1.39 bits per heavy atom. The Balaban J connectivity index is 2.62. The number of benzene rings is 1. The first-order valence-corrected chi connectivity index (χ1v) is 6.64. The lowest BCUT2D eigenvalue weighted by molar-refractivity contribution is 0.0945.